The van der Waals surface area contributed by atoms with E-state index in [1.807, 2.05) is 25.1 Å². The van der Waals surface area contributed by atoms with Gasteiger partial charge in [-0.3, -0.25) is 10.00 Å². The number of nitrogens with zero attached hydrogens (tertiary/aromatic N) is 3. The van der Waals surface area contributed by atoms with Crippen molar-refractivity contribution in [1.29, 1.82) is 0 Å². The fourth-order valence-corrected chi connectivity index (χ4v) is 2.90. The summed E-state index contributed by atoms with van der Waals surface area (Å²) in [7, 11) is 0. The summed E-state index contributed by atoms with van der Waals surface area (Å²) in [5, 5.41) is 2.92. The number of aromatic nitrogens is 3. The fraction of sp³-hybridized carbons (Fsp3) is 0.263. The van der Waals surface area contributed by atoms with Crippen LogP contribution < -0.4 is 0 Å². The quantitative estimate of drug-likeness (QED) is 0.557. The fourth-order valence-electron chi connectivity index (χ4n) is 2.70. The van der Waals surface area contributed by atoms with Gasteiger partial charge in [0.05, 0.1) is 13.2 Å². The van der Waals surface area contributed by atoms with Gasteiger partial charge in [-0.2, -0.15) is 18.2 Å². The standard InChI is InChI=1S/C19H19F3N4OS/c1-14-7-8-16(27-14)9-10-17-23-18(28)26(24-17)13-25(12-19(20,21)22)11-15-5-3-2-4-6-15/h2-10H,11-13H2,1H3,(H,23,24,28)/b10-9+. The first kappa shape index (κ1) is 20.1. The first-order valence-corrected chi connectivity index (χ1v) is 8.94. The predicted octanol–water partition coefficient (Wildman–Crippen LogP) is 5.03. The average Bonchev–Trinajstić information content (AvgIpc) is 3.18. The average molecular weight is 408 g/mol. The molecule has 0 atom stereocenters. The van der Waals surface area contributed by atoms with Gasteiger partial charge in [-0.05, 0) is 49.0 Å². The molecule has 9 heteroatoms. The van der Waals surface area contributed by atoms with E-state index in [1.54, 1.807) is 36.4 Å². The largest absolute Gasteiger partial charge is 0.462 e. The van der Waals surface area contributed by atoms with Gasteiger partial charge in [-0.25, -0.2) is 4.68 Å². The van der Waals surface area contributed by atoms with E-state index in [9.17, 15) is 13.2 Å². The molecule has 0 fully saturated rings. The lowest BCUT2D eigenvalue weighted by Gasteiger charge is -2.23. The monoisotopic (exact) mass is 408 g/mol. The molecule has 3 aromatic rings. The molecule has 0 unspecified atom stereocenters. The number of rotatable bonds is 7. The third-order valence-corrected chi connectivity index (χ3v) is 4.17. The maximum Gasteiger partial charge on any atom is 0.401 e. The van der Waals surface area contributed by atoms with Gasteiger partial charge in [0.1, 0.15) is 17.3 Å². The van der Waals surface area contributed by atoms with Gasteiger partial charge in [0.25, 0.3) is 0 Å². The molecule has 1 aromatic carbocycles. The lowest BCUT2D eigenvalue weighted by atomic mass is 10.2. The molecule has 3 rings (SSSR count). The zero-order valence-electron chi connectivity index (χ0n) is 15.1. The summed E-state index contributed by atoms with van der Waals surface area (Å²) in [5.41, 5.74) is 0.783. The van der Waals surface area contributed by atoms with Gasteiger partial charge in [0.15, 0.2) is 0 Å². The third-order valence-electron chi connectivity index (χ3n) is 3.86. The second-order valence-corrected chi connectivity index (χ2v) is 6.70. The third kappa shape index (κ3) is 5.93. The second kappa shape index (κ2) is 8.57. The first-order valence-electron chi connectivity index (χ1n) is 8.53. The van der Waals surface area contributed by atoms with Gasteiger partial charge < -0.3 is 4.42 Å². The van der Waals surface area contributed by atoms with Crippen LogP contribution in [0.15, 0.2) is 46.9 Å². The molecular weight excluding hydrogens is 389 g/mol. The molecule has 0 spiro atoms. The minimum absolute atomic E-state index is 0.0616. The minimum atomic E-state index is -4.32. The Morgan fingerprint density at radius 3 is 2.57 bits per heavy atom. The van der Waals surface area contributed by atoms with Gasteiger partial charge in [0, 0.05) is 6.54 Å². The van der Waals surface area contributed by atoms with Crippen molar-refractivity contribution in [2.24, 2.45) is 0 Å². The van der Waals surface area contributed by atoms with Crippen LogP contribution in [0.4, 0.5) is 13.2 Å². The van der Waals surface area contributed by atoms with Crippen molar-refractivity contribution >= 4 is 24.4 Å². The molecule has 5 nitrogen and oxygen atoms in total. The van der Waals surface area contributed by atoms with E-state index in [2.05, 4.69) is 10.1 Å². The van der Waals surface area contributed by atoms with Crippen molar-refractivity contribution in [3.8, 4) is 0 Å². The number of benzene rings is 1. The molecule has 0 bridgehead atoms. The SMILES string of the molecule is Cc1ccc(/C=C/c2nc(=S)n(CN(Cc3ccccc3)CC(F)(F)F)[nH]2)o1. The molecule has 28 heavy (non-hydrogen) atoms. The van der Waals surface area contributed by atoms with Crippen LogP contribution in [0.25, 0.3) is 12.2 Å². The normalized spacial score (nSPS) is 12.3. The molecule has 0 aliphatic rings. The molecule has 0 aliphatic carbocycles. The Bertz CT molecular complexity index is 989. The Morgan fingerprint density at radius 1 is 1.18 bits per heavy atom. The van der Waals surface area contributed by atoms with Gasteiger partial charge in [-0.15, -0.1) is 0 Å². The van der Waals surface area contributed by atoms with Gasteiger partial charge in [-0.1, -0.05) is 30.3 Å². The van der Waals surface area contributed by atoms with Gasteiger partial charge in [0.2, 0.25) is 4.77 Å². The van der Waals surface area contributed by atoms with E-state index in [0.29, 0.717) is 11.6 Å². The Balaban J connectivity index is 1.75. The van der Waals surface area contributed by atoms with E-state index in [0.717, 1.165) is 11.3 Å². The lowest BCUT2D eigenvalue weighted by Crippen LogP contribution is -2.35. The number of furan rings is 1. The number of aromatic amines is 1. The predicted molar refractivity (Wildman–Crippen MR) is 103 cm³/mol. The molecule has 2 aromatic heterocycles. The van der Waals surface area contributed by atoms with Crippen molar-refractivity contribution in [2.45, 2.75) is 26.3 Å². The number of halogens is 3. The number of alkyl halides is 3. The number of hydrogen-bond acceptors (Lipinski definition) is 4. The molecule has 0 amide bonds. The smallest absolute Gasteiger partial charge is 0.401 e. The van der Waals surface area contributed by atoms with Crippen LogP contribution in [0.1, 0.15) is 22.9 Å². The highest BCUT2D eigenvalue weighted by Gasteiger charge is 2.31. The molecular formula is C19H19F3N4OS. The number of nitrogens with one attached hydrogen (secondary N) is 1. The van der Waals surface area contributed by atoms with E-state index in [1.165, 1.54) is 9.58 Å². The van der Waals surface area contributed by atoms with Crippen LogP contribution in [-0.4, -0.2) is 32.4 Å². The number of aryl methyl sites for hydroxylation is 1. The van der Waals surface area contributed by atoms with Crippen LogP contribution in [0.2, 0.25) is 0 Å². The van der Waals surface area contributed by atoms with Crippen LogP contribution >= 0.6 is 12.2 Å². The lowest BCUT2D eigenvalue weighted by molar-refractivity contribution is -0.151. The molecule has 2 heterocycles. The van der Waals surface area contributed by atoms with Gasteiger partial charge >= 0.3 is 6.18 Å². The zero-order chi connectivity index (χ0) is 20.1. The summed E-state index contributed by atoms with van der Waals surface area (Å²) >= 11 is 5.19. The van der Waals surface area contributed by atoms with E-state index in [-0.39, 0.29) is 18.0 Å². The highest BCUT2D eigenvalue weighted by Crippen LogP contribution is 2.19. The highest BCUT2D eigenvalue weighted by atomic mass is 32.1. The number of hydrogen-bond donors (Lipinski definition) is 1. The molecule has 148 valence electrons. The van der Waals surface area contributed by atoms with E-state index in [4.69, 9.17) is 16.6 Å². The van der Waals surface area contributed by atoms with E-state index >= 15 is 0 Å². The van der Waals surface area contributed by atoms with Crippen LogP contribution in [-0.2, 0) is 13.2 Å². The summed E-state index contributed by atoms with van der Waals surface area (Å²) in [6.07, 6.45) is -0.949. The summed E-state index contributed by atoms with van der Waals surface area (Å²) in [6, 6.07) is 12.6. The maximum absolute atomic E-state index is 13.0. The summed E-state index contributed by atoms with van der Waals surface area (Å²) in [4.78, 5) is 5.43. The van der Waals surface area contributed by atoms with Crippen LogP contribution in [0.3, 0.4) is 0 Å². The molecule has 0 aliphatic heterocycles. The summed E-state index contributed by atoms with van der Waals surface area (Å²) in [6.45, 7) is 0.854. The second-order valence-electron chi connectivity index (χ2n) is 6.33. The van der Waals surface area contributed by atoms with Crippen molar-refractivity contribution in [2.75, 3.05) is 6.54 Å². The van der Waals surface area contributed by atoms with Crippen LogP contribution in [0.5, 0.6) is 0 Å². The Labute approximate surface area is 165 Å². The van der Waals surface area contributed by atoms with Crippen molar-refractivity contribution in [3.05, 3.63) is 70.1 Å². The van der Waals surface area contributed by atoms with Crippen molar-refractivity contribution in [1.82, 2.24) is 19.7 Å². The minimum Gasteiger partial charge on any atom is -0.462 e. The molecule has 0 saturated carbocycles. The highest BCUT2D eigenvalue weighted by molar-refractivity contribution is 7.71. The van der Waals surface area contributed by atoms with E-state index < -0.39 is 12.7 Å². The van der Waals surface area contributed by atoms with Crippen LogP contribution in [0, 0.1) is 11.7 Å². The Morgan fingerprint density at radius 2 is 1.93 bits per heavy atom. The Hall–Kier alpha value is -2.65. The zero-order valence-corrected chi connectivity index (χ0v) is 15.9. The molecule has 1 N–H and O–H groups in total. The molecule has 0 saturated heterocycles. The maximum atomic E-state index is 13.0. The summed E-state index contributed by atoms with van der Waals surface area (Å²) < 4.78 is 46.0. The first-order chi connectivity index (χ1) is 13.3. The van der Waals surface area contributed by atoms with Crippen molar-refractivity contribution < 1.29 is 17.6 Å². The topological polar surface area (TPSA) is 50.0 Å². The van der Waals surface area contributed by atoms with Crippen molar-refractivity contribution in [3.63, 3.8) is 0 Å². The Kier molecular flexibility index (Phi) is 6.15. The summed E-state index contributed by atoms with van der Waals surface area (Å²) in [5.74, 6) is 1.86. The molecule has 0 radical (unpaired) electrons. The number of H-pyrrole nitrogens is 1.